The predicted octanol–water partition coefficient (Wildman–Crippen LogP) is 0.766. The van der Waals surface area contributed by atoms with Crippen LogP contribution in [0.4, 0.5) is 5.69 Å². The number of guanidine groups is 1. The molecule has 8 nitrogen and oxygen atoms in total. The summed E-state index contributed by atoms with van der Waals surface area (Å²) in [6, 6.07) is 0. The van der Waals surface area contributed by atoms with Gasteiger partial charge in [-0.25, -0.2) is 0 Å². The minimum absolute atomic E-state index is 0.0872. The largest absolute Gasteiger partial charge is 0.356 e. The van der Waals surface area contributed by atoms with Crippen molar-refractivity contribution < 1.29 is 4.79 Å². The van der Waals surface area contributed by atoms with E-state index in [-0.39, 0.29) is 5.91 Å². The zero-order valence-electron chi connectivity index (χ0n) is 16.9. The lowest BCUT2D eigenvalue weighted by molar-refractivity contribution is -0.120. The predicted molar refractivity (Wildman–Crippen MR) is 108 cm³/mol. The molecule has 0 unspecified atom stereocenters. The van der Waals surface area contributed by atoms with Gasteiger partial charge in [-0.3, -0.25) is 14.5 Å². The molecular weight excluding hydrogens is 342 g/mol. The maximum atomic E-state index is 12.6. The summed E-state index contributed by atoms with van der Waals surface area (Å²) in [7, 11) is 3.65. The highest BCUT2D eigenvalue weighted by Gasteiger charge is 2.27. The van der Waals surface area contributed by atoms with Gasteiger partial charge in [-0.1, -0.05) is 6.92 Å². The van der Waals surface area contributed by atoms with E-state index in [1.165, 1.54) is 32.4 Å². The zero-order chi connectivity index (χ0) is 19.2. The van der Waals surface area contributed by atoms with E-state index in [4.69, 9.17) is 0 Å². The van der Waals surface area contributed by atoms with Gasteiger partial charge in [0.05, 0.1) is 11.9 Å². The summed E-state index contributed by atoms with van der Waals surface area (Å²) in [5.41, 5.74) is 0.864. The average Bonchev–Trinajstić information content (AvgIpc) is 3.11. The zero-order valence-corrected chi connectivity index (χ0v) is 16.9. The fourth-order valence-electron chi connectivity index (χ4n) is 3.99. The van der Waals surface area contributed by atoms with Crippen LogP contribution in [0.5, 0.6) is 0 Å². The second-order valence-corrected chi connectivity index (χ2v) is 7.48. The number of piperidine rings is 1. The molecule has 0 bridgehead atoms. The van der Waals surface area contributed by atoms with E-state index < -0.39 is 0 Å². The van der Waals surface area contributed by atoms with Gasteiger partial charge in [-0.15, -0.1) is 0 Å². The van der Waals surface area contributed by atoms with Crippen molar-refractivity contribution in [3.8, 4) is 0 Å². The molecule has 1 N–H and O–H groups in total. The van der Waals surface area contributed by atoms with Crippen molar-refractivity contribution >= 4 is 17.6 Å². The molecule has 0 saturated carbocycles. The van der Waals surface area contributed by atoms with Crippen molar-refractivity contribution in [2.24, 2.45) is 18.0 Å². The molecule has 2 saturated heterocycles. The van der Waals surface area contributed by atoms with Crippen molar-refractivity contribution in [1.82, 2.24) is 24.9 Å². The Kier molecular flexibility index (Phi) is 6.71. The summed E-state index contributed by atoms with van der Waals surface area (Å²) >= 11 is 0. The van der Waals surface area contributed by atoms with Gasteiger partial charge >= 0.3 is 0 Å². The van der Waals surface area contributed by atoms with Crippen LogP contribution in [-0.2, 0) is 11.8 Å². The molecule has 2 aliphatic rings. The number of aromatic nitrogens is 2. The van der Waals surface area contributed by atoms with Gasteiger partial charge in [0.25, 0.3) is 0 Å². The van der Waals surface area contributed by atoms with Crippen LogP contribution in [0.2, 0.25) is 0 Å². The molecule has 1 amide bonds. The van der Waals surface area contributed by atoms with Gasteiger partial charge in [-0.05, 0) is 44.8 Å². The third kappa shape index (κ3) is 5.00. The Labute approximate surface area is 162 Å². The Morgan fingerprint density at radius 1 is 1.30 bits per heavy atom. The van der Waals surface area contributed by atoms with Crippen molar-refractivity contribution in [1.29, 1.82) is 0 Å². The molecule has 1 aromatic rings. The SMILES string of the molecule is CCN1CCC(CCNC(=NC)N2CCN(c3cnn(C)c3)C(=O)C2)CC1. The van der Waals surface area contributed by atoms with Crippen molar-refractivity contribution in [2.75, 3.05) is 57.8 Å². The number of anilines is 1. The number of nitrogens with zero attached hydrogens (tertiary/aromatic N) is 6. The van der Waals surface area contributed by atoms with Crippen LogP contribution in [-0.4, -0.2) is 84.3 Å². The van der Waals surface area contributed by atoms with Gasteiger partial charge in [-0.2, -0.15) is 5.10 Å². The maximum absolute atomic E-state index is 12.6. The highest BCUT2D eigenvalue weighted by molar-refractivity contribution is 5.98. The van der Waals surface area contributed by atoms with Gasteiger partial charge < -0.3 is 20.0 Å². The summed E-state index contributed by atoms with van der Waals surface area (Å²) in [6.45, 7) is 8.54. The monoisotopic (exact) mass is 375 g/mol. The van der Waals surface area contributed by atoms with Crippen LogP contribution >= 0.6 is 0 Å². The van der Waals surface area contributed by atoms with E-state index in [0.29, 0.717) is 13.1 Å². The number of carbonyl (C=O) groups excluding carboxylic acids is 1. The van der Waals surface area contributed by atoms with Gasteiger partial charge in [0.1, 0.15) is 6.54 Å². The van der Waals surface area contributed by atoms with Gasteiger partial charge in [0.15, 0.2) is 5.96 Å². The molecule has 0 aliphatic carbocycles. The number of aliphatic imine (C=N–C) groups is 1. The minimum Gasteiger partial charge on any atom is -0.356 e. The average molecular weight is 376 g/mol. The van der Waals surface area contributed by atoms with Crippen LogP contribution < -0.4 is 10.2 Å². The molecule has 3 heterocycles. The van der Waals surface area contributed by atoms with Crippen molar-refractivity contribution in [2.45, 2.75) is 26.2 Å². The molecule has 27 heavy (non-hydrogen) atoms. The lowest BCUT2D eigenvalue weighted by Crippen LogP contribution is -2.55. The molecule has 0 radical (unpaired) electrons. The fourth-order valence-corrected chi connectivity index (χ4v) is 3.99. The summed E-state index contributed by atoms with van der Waals surface area (Å²) in [5.74, 6) is 1.71. The van der Waals surface area contributed by atoms with Crippen molar-refractivity contribution in [3.63, 3.8) is 0 Å². The number of hydrogen-bond donors (Lipinski definition) is 1. The topological polar surface area (TPSA) is 69.0 Å². The summed E-state index contributed by atoms with van der Waals surface area (Å²) < 4.78 is 1.72. The minimum atomic E-state index is 0.0872. The van der Waals surface area contributed by atoms with Crippen LogP contribution in [0.25, 0.3) is 0 Å². The second kappa shape index (κ2) is 9.21. The van der Waals surface area contributed by atoms with Crippen molar-refractivity contribution in [3.05, 3.63) is 12.4 Å². The van der Waals surface area contributed by atoms with Crippen LogP contribution in [0.15, 0.2) is 17.4 Å². The number of hydrogen-bond acceptors (Lipinski definition) is 4. The third-order valence-electron chi connectivity index (χ3n) is 5.73. The molecule has 0 spiro atoms. The molecule has 3 rings (SSSR count). The standard InChI is InChI=1S/C19H33N7O/c1-4-24-9-6-16(7-10-24)5-8-21-19(20-2)25-11-12-26(18(27)15-25)17-13-22-23(3)14-17/h13-14,16H,4-12,15H2,1-3H3,(H,20,21). The molecule has 2 fully saturated rings. The van der Waals surface area contributed by atoms with E-state index in [0.717, 1.165) is 37.2 Å². The normalized spacial score (nSPS) is 20.4. The maximum Gasteiger partial charge on any atom is 0.246 e. The first-order valence-corrected chi connectivity index (χ1v) is 10.1. The molecular formula is C19H33N7O. The summed E-state index contributed by atoms with van der Waals surface area (Å²) in [6.07, 6.45) is 7.36. The van der Waals surface area contributed by atoms with E-state index in [1.54, 1.807) is 22.8 Å². The summed E-state index contributed by atoms with van der Waals surface area (Å²) in [4.78, 5) is 23.3. The first-order chi connectivity index (χ1) is 13.1. The molecule has 150 valence electrons. The number of likely N-dealkylation sites (tertiary alicyclic amines) is 1. The highest BCUT2D eigenvalue weighted by atomic mass is 16.2. The van der Waals surface area contributed by atoms with Gasteiger partial charge in [0.2, 0.25) is 5.91 Å². The third-order valence-corrected chi connectivity index (χ3v) is 5.73. The number of aryl methyl sites for hydroxylation is 1. The smallest absolute Gasteiger partial charge is 0.246 e. The Morgan fingerprint density at radius 3 is 2.67 bits per heavy atom. The fraction of sp³-hybridized carbons (Fsp3) is 0.737. The van der Waals surface area contributed by atoms with Gasteiger partial charge in [0, 0.05) is 39.9 Å². The molecule has 2 aliphatic heterocycles. The Balaban J connectivity index is 1.44. The van der Waals surface area contributed by atoms with Crippen LogP contribution in [0, 0.1) is 5.92 Å². The van der Waals surface area contributed by atoms with E-state index in [2.05, 4.69) is 32.1 Å². The van der Waals surface area contributed by atoms with E-state index >= 15 is 0 Å². The first-order valence-electron chi connectivity index (χ1n) is 10.1. The lowest BCUT2D eigenvalue weighted by Gasteiger charge is -2.35. The quantitative estimate of drug-likeness (QED) is 0.608. The molecule has 0 aromatic carbocycles. The molecule has 1 aromatic heterocycles. The number of amides is 1. The van der Waals surface area contributed by atoms with Crippen LogP contribution in [0.1, 0.15) is 26.2 Å². The Bertz CT molecular complexity index is 648. The second-order valence-electron chi connectivity index (χ2n) is 7.48. The number of carbonyl (C=O) groups is 1. The van der Waals surface area contributed by atoms with Crippen LogP contribution in [0.3, 0.4) is 0 Å². The molecule has 0 atom stereocenters. The highest BCUT2D eigenvalue weighted by Crippen LogP contribution is 2.20. The number of rotatable bonds is 5. The first kappa shape index (κ1) is 19.7. The number of piperazine rings is 1. The Morgan fingerprint density at radius 2 is 2.07 bits per heavy atom. The lowest BCUT2D eigenvalue weighted by atomic mass is 9.93. The van der Waals surface area contributed by atoms with E-state index in [9.17, 15) is 4.79 Å². The summed E-state index contributed by atoms with van der Waals surface area (Å²) in [5, 5.41) is 7.63. The molecule has 8 heteroatoms. The number of nitrogens with one attached hydrogen (secondary N) is 1. The Hall–Kier alpha value is -2.09. The van der Waals surface area contributed by atoms with E-state index in [1.807, 2.05) is 13.2 Å².